The van der Waals surface area contributed by atoms with E-state index in [1.54, 1.807) is 0 Å². The van der Waals surface area contributed by atoms with Crippen molar-refractivity contribution in [2.24, 2.45) is 5.92 Å². The number of likely N-dealkylation sites (tertiary alicyclic amines) is 1. The average Bonchev–Trinajstić information content (AvgIpc) is 3.23. The predicted octanol–water partition coefficient (Wildman–Crippen LogP) is 4.70. The van der Waals surface area contributed by atoms with Gasteiger partial charge in [-0.05, 0) is 44.2 Å². The number of fused-ring (bicyclic) bond motifs is 1. The van der Waals surface area contributed by atoms with Crippen molar-refractivity contribution in [1.82, 2.24) is 9.80 Å². The summed E-state index contributed by atoms with van der Waals surface area (Å²) in [5.74, 6) is 0.535. The third-order valence-corrected chi connectivity index (χ3v) is 5.82. The molecule has 2 aliphatic rings. The molecule has 0 N–H and O–H groups in total. The van der Waals surface area contributed by atoms with Gasteiger partial charge in [0.25, 0.3) is 0 Å². The first-order valence-electron chi connectivity index (χ1n) is 10.2. The highest BCUT2D eigenvalue weighted by molar-refractivity contribution is 5.69. The molecule has 1 saturated heterocycles. The minimum absolute atomic E-state index is 0.0720. The van der Waals surface area contributed by atoms with Gasteiger partial charge in [-0.1, -0.05) is 60.7 Å². The lowest BCUT2D eigenvalue weighted by atomic mass is 10.1. The summed E-state index contributed by atoms with van der Waals surface area (Å²) in [6.07, 6.45) is 0.977. The molecule has 1 aliphatic heterocycles. The maximum absolute atomic E-state index is 12.6. The summed E-state index contributed by atoms with van der Waals surface area (Å²) < 4.78 is 5.62. The van der Waals surface area contributed by atoms with Gasteiger partial charge >= 0.3 is 6.09 Å². The monoisotopic (exact) mass is 378 g/mol. The number of rotatable bonds is 5. The van der Waals surface area contributed by atoms with E-state index in [1.807, 2.05) is 25.7 Å². The van der Waals surface area contributed by atoms with Gasteiger partial charge in [-0.3, -0.25) is 4.90 Å². The van der Waals surface area contributed by atoms with Crippen LogP contribution < -0.4 is 0 Å². The molecule has 1 heterocycles. The van der Waals surface area contributed by atoms with Crippen molar-refractivity contribution >= 4 is 6.09 Å². The first-order valence-corrected chi connectivity index (χ1v) is 10.2. The topological polar surface area (TPSA) is 32.8 Å². The fraction of sp³-hybridized carbons (Fsp3) is 0.458. The van der Waals surface area contributed by atoms with Crippen molar-refractivity contribution in [1.29, 1.82) is 0 Å². The Bertz CT molecular complexity index is 774. The number of hydrogen-bond acceptors (Lipinski definition) is 3. The quantitative estimate of drug-likeness (QED) is 0.756. The second-order valence-corrected chi connectivity index (χ2v) is 9.19. The first kappa shape index (κ1) is 19.0. The lowest BCUT2D eigenvalue weighted by Crippen LogP contribution is -2.44. The molecule has 0 aromatic heterocycles. The van der Waals surface area contributed by atoms with E-state index in [9.17, 15) is 4.79 Å². The van der Waals surface area contributed by atoms with Gasteiger partial charge in [-0.25, -0.2) is 4.79 Å². The van der Waals surface area contributed by atoms with Crippen LogP contribution in [0.2, 0.25) is 0 Å². The molecule has 2 atom stereocenters. The molecule has 1 amide bonds. The Hall–Kier alpha value is -2.33. The van der Waals surface area contributed by atoms with E-state index in [-0.39, 0.29) is 11.6 Å². The number of nitrogens with zero attached hydrogens (tertiary/aromatic N) is 2. The number of benzene rings is 2. The lowest BCUT2D eigenvalue weighted by molar-refractivity contribution is 0.0237. The molecule has 1 saturated carbocycles. The SMILES string of the molecule is CC(C)(C)OC(=O)N1C[C@@H]2C[C@]2(N(Cc2ccccc2)Cc2ccccc2)C1. The van der Waals surface area contributed by atoms with Gasteiger partial charge in [0.15, 0.2) is 0 Å². The van der Waals surface area contributed by atoms with E-state index in [1.165, 1.54) is 11.1 Å². The number of ether oxygens (including phenoxy) is 1. The molecule has 0 bridgehead atoms. The fourth-order valence-electron chi connectivity index (χ4n) is 4.39. The second kappa shape index (κ2) is 7.25. The van der Waals surface area contributed by atoms with Crippen LogP contribution >= 0.6 is 0 Å². The number of carbonyl (C=O) groups excluding carboxylic acids is 1. The summed E-state index contributed by atoms with van der Waals surface area (Å²) in [4.78, 5) is 17.1. The number of amides is 1. The van der Waals surface area contributed by atoms with Gasteiger partial charge in [0, 0.05) is 31.7 Å². The molecular formula is C24H30N2O2. The third-order valence-electron chi connectivity index (χ3n) is 5.82. The van der Waals surface area contributed by atoms with Crippen LogP contribution in [0.25, 0.3) is 0 Å². The van der Waals surface area contributed by atoms with E-state index in [0.717, 1.165) is 32.6 Å². The highest BCUT2D eigenvalue weighted by Crippen LogP contribution is 2.55. The maximum Gasteiger partial charge on any atom is 0.410 e. The summed E-state index contributed by atoms with van der Waals surface area (Å²) >= 11 is 0. The zero-order valence-corrected chi connectivity index (χ0v) is 17.1. The van der Waals surface area contributed by atoms with Crippen molar-refractivity contribution in [3.05, 3.63) is 71.8 Å². The molecule has 0 unspecified atom stereocenters. The molecule has 4 heteroatoms. The number of carbonyl (C=O) groups is 1. The lowest BCUT2D eigenvalue weighted by Gasteiger charge is -2.33. The molecular weight excluding hydrogens is 348 g/mol. The zero-order chi connectivity index (χ0) is 19.8. The standard InChI is InChI=1S/C24H30N2O2/c1-23(2,3)28-22(27)25-17-21-14-24(21,18-25)26(15-19-10-6-4-7-11-19)16-20-12-8-5-9-13-20/h4-13,21H,14-18H2,1-3H3/t21-,24-/m0/s1. The van der Waals surface area contributed by atoms with Crippen LogP contribution in [0.5, 0.6) is 0 Å². The Morgan fingerprint density at radius 1 is 1.04 bits per heavy atom. The second-order valence-electron chi connectivity index (χ2n) is 9.19. The summed E-state index contributed by atoms with van der Waals surface area (Å²) in [6, 6.07) is 21.3. The van der Waals surface area contributed by atoms with Crippen molar-refractivity contribution in [2.45, 2.75) is 51.4 Å². The van der Waals surface area contributed by atoms with Gasteiger partial charge in [-0.15, -0.1) is 0 Å². The van der Waals surface area contributed by atoms with Gasteiger partial charge in [0.2, 0.25) is 0 Å². The van der Waals surface area contributed by atoms with E-state index in [0.29, 0.717) is 5.92 Å². The number of hydrogen-bond donors (Lipinski definition) is 0. The fourth-order valence-corrected chi connectivity index (χ4v) is 4.39. The summed E-state index contributed by atoms with van der Waals surface area (Å²) in [7, 11) is 0. The third kappa shape index (κ3) is 4.07. The van der Waals surface area contributed by atoms with E-state index in [4.69, 9.17) is 4.74 Å². The molecule has 2 aromatic rings. The molecule has 2 fully saturated rings. The minimum Gasteiger partial charge on any atom is -0.444 e. The molecule has 148 valence electrons. The Morgan fingerprint density at radius 3 is 2.07 bits per heavy atom. The van der Waals surface area contributed by atoms with Crippen LogP contribution in [0, 0.1) is 5.92 Å². The van der Waals surface area contributed by atoms with E-state index in [2.05, 4.69) is 65.6 Å². The van der Waals surface area contributed by atoms with Crippen LogP contribution in [-0.4, -0.2) is 40.1 Å². The molecule has 0 radical (unpaired) electrons. The van der Waals surface area contributed by atoms with Crippen LogP contribution in [0.3, 0.4) is 0 Å². The molecule has 28 heavy (non-hydrogen) atoms. The Kier molecular flexibility index (Phi) is 4.92. The van der Waals surface area contributed by atoms with Crippen LogP contribution in [-0.2, 0) is 17.8 Å². The van der Waals surface area contributed by atoms with Crippen molar-refractivity contribution in [3.8, 4) is 0 Å². The largest absolute Gasteiger partial charge is 0.444 e. The highest BCUT2D eigenvalue weighted by atomic mass is 16.6. The molecule has 0 spiro atoms. The van der Waals surface area contributed by atoms with Gasteiger partial charge in [0.1, 0.15) is 5.60 Å². The van der Waals surface area contributed by atoms with Gasteiger partial charge < -0.3 is 9.64 Å². The first-order chi connectivity index (χ1) is 13.4. The zero-order valence-electron chi connectivity index (χ0n) is 17.1. The van der Waals surface area contributed by atoms with Crippen LogP contribution in [0.15, 0.2) is 60.7 Å². The van der Waals surface area contributed by atoms with E-state index >= 15 is 0 Å². The average molecular weight is 379 g/mol. The van der Waals surface area contributed by atoms with Crippen molar-refractivity contribution in [2.75, 3.05) is 13.1 Å². The maximum atomic E-state index is 12.6. The normalized spacial score (nSPS) is 23.6. The summed E-state index contributed by atoms with van der Waals surface area (Å²) in [6.45, 7) is 9.13. The summed E-state index contributed by atoms with van der Waals surface area (Å²) in [5, 5.41) is 0. The molecule has 2 aromatic carbocycles. The van der Waals surface area contributed by atoms with Gasteiger partial charge in [0.05, 0.1) is 0 Å². The van der Waals surface area contributed by atoms with E-state index < -0.39 is 5.60 Å². The Labute approximate surface area is 168 Å². The van der Waals surface area contributed by atoms with Crippen LogP contribution in [0.4, 0.5) is 4.79 Å². The van der Waals surface area contributed by atoms with Crippen molar-refractivity contribution < 1.29 is 9.53 Å². The highest BCUT2D eigenvalue weighted by Gasteiger charge is 2.64. The van der Waals surface area contributed by atoms with Crippen LogP contribution in [0.1, 0.15) is 38.3 Å². The minimum atomic E-state index is -0.454. The van der Waals surface area contributed by atoms with Gasteiger partial charge in [-0.2, -0.15) is 0 Å². The number of piperidine rings is 1. The Morgan fingerprint density at radius 2 is 1.57 bits per heavy atom. The smallest absolute Gasteiger partial charge is 0.410 e. The Balaban J connectivity index is 1.52. The summed E-state index contributed by atoms with van der Waals surface area (Å²) in [5.41, 5.74) is 2.25. The van der Waals surface area contributed by atoms with Crippen molar-refractivity contribution in [3.63, 3.8) is 0 Å². The molecule has 1 aliphatic carbocycles. The molecule has 4 nitrogen and oxygen atoms in total. The molecule has 4 rings (SSSR count). The predicted molar refractivity (Wildman–Crippen MR) is 111 cm³/mol.